The number of hydrogen-bond donors (Lipinski definition) is 1. The zero-order valence-electron chi connectivity index (χ0n) is 13.5. The fraction of sp³-hybridized carbons (Fsp3) is 0.938. The number of sulfone groups is 1. The number of likely N-dealkylation sites (tertiary alicyclic amines) is 1. The van der Waals surface area contributed by atoms with Crippen LogP contribution >= 0.6 is 0 Å². The van der Waals surface area contributed by atoms with Crippen LogP contribution < -0.4 is 5.32 Å². The summed E-state index contributed by atoms with van der Waals surface area (Å²) >= 11 is 0. The van der Waals surface area contributed by atoms with Crippen molar-refractivity contribution >= 4 is 15.7 Å². The number of nitrogens with zero attached hydrogens (tertiary/aromatic N) is 1. The summed E-state index contributed by atoms with van der Waals surface area (Å²) in [5.41, 5.74) is 0. The van der Waals surface area contributed by atoms with Gasteiger partial charge in [0, 0.05) is 12.0 Å². The average Bonchev–Trinajstić information content (AvgIpc) is 3.18. The van der Waals surface area contributed by atoms with Gasteiger partial charge in [0.15, 0.2) is 9.84 Å². The van der Waals surface area contributed by atoms with E-state index < -0.39 is 9.84 Å². The summed E-state index contributed by atoms with van der Waals surface area (Å²) in [7, 11) is -3.03. The predicted octanol–water partition coefficient (Wildman–Crippen LogP) is 1.19. The molecule has 3 rings (SSSR count). The molecule has 0 unspecified atom stereocenters. The third-order valence-corrected chi connectivity index (χ3v) is 7.15. The average molecular weight is 328 g/mol. The van der Waals surface area contributed by atoms with E-state index in [9.17, 15) is 13.2 Å². The molecule has 1 aliphatic carbocycles. The van der Waals surface area contributed by atoms with Crippen LogP contribution in [0.15, 0.2) is 0 Å². The highest BCUT2D eigenvalue weighted by Gasteiger charge is 2.46. The quantitative estimate of drug-likeness (QED) is 0.823. The number of carbonyl (C=O) groups is 1. The van der Waals surface area contributed by atoms with Crippen LogP contribution in [-0.4, -0.2) is 55.9 Å². The fourth-order valence-corrected chi connectivity index (χ4v) is 6.08. The molecule has 1 N–H and O–H groups in total. The van der Waals surface area contributed by atoms with Crippen LogP contribution in [0.4, 0.5) is 0 Å². The van der Waals surface area contributed by atoms with Crippen molar-refractivity contribution < 1.29 is 13.2 Å². The minimum atomic E-state index is -3.03. The highest BCUT2D eigenvalue weighted by molar-refractivity contribution is 7.91. The summed E-state index contributed by atoms with van der Waals surface area (Å²) in [6.07, 6.45) is 6.71. The van der Waals surface area contributed by atoms with Gasteiger partial charge in [-0.15, -0.1) is 0 Å². The molecule has 2 saturated heterocycles. The van der Waals surface area contributed by atoms with Gasteiger partial charge < -0.3 is 5.32 Å². The first kappa shape index (κ1) is 16.2. The van der Waals surface area contributed by atoms with E-state index in [2.05, 4.69) is 17.1 Å². The Bertz CT molecular complexity index is 513. The second kappa shape index (κ2) is 6.48. The fourth-order valence-electron chi connectivity index (χ4n) is 4.13. The van der Waals surface area contributed by atoms with E-state index in [1.807, 2.05) is 0 Å². The Balaban J connectivity index is 1.61. The number of nitrogens with one attached hydrogen (secondary N) is 1. The Morgan fingerprint density at radius 2 is 1.91 bits per heavy atom. The summed E-state index contributed by atoms with van der Waals surface area (Å²) in [6, 6.07) is -0.226. The van der Waals surface area contributed by atoms with Crippen molar-refractivity contribution in [3.05, 3.63) is 0 Å². The Morgan fingerprint density at radius 1 is 1.18 bits per heavy atom. The van der Waals surface area contributed by atoms with Gasteiger partial charge in [0.1, 0.15) is 0 Å². The largest absolute Gasteiger partial charge is 0.350 e. The lowest BCUT2D eigenvalue weighted by Crippen LogP contribution is -2.52. The van der Waals surface area contributed by atoms with Gasteiger partial charge in [-0.1, -0.05) is 19.8 Å². The van der Waals surface area contributed by atoms with Crippen LogP contribution in [0, 0.1) is 11.8 Å². The number of carbonyl (C=O) groups excluding carboxylic acids is 1. The lowest BCUT2D eigenvalue weighted by atomic mass is 10.0. The summed E-state index contributed by atoms with van der Waals surface area (Å²) < 4.78 is 24.1. The number of hydrogen-bond acceptors (Lipinski definition) is 4. The van der Waals surface area contributed by atoms with Crippen molar-refractivity contribution in [1.82, 2.24) is 10.2 Å². The summed E-state index contributed by atoms with van der Waals surface area (Å²) in [4.78, 5) is 14.6. The van der Waals surface area contributed by atoms with Crippen molar-refractivity contribution in [3.63, 3.8) is 0 Å². The van der Waals surface area contributed by atoms with Gasteiger partial charge in [0.25, 0.3) is 0 Å². The van der Waals surface area contributed by atoms with Crippen LogP contribution in [0.1, 0.15) is 45.4 Å². The molecule has 126 valence electrons. The molecule has 2 aliphatic heterocycles. The monoisotopic (exact) mass is 328 g/mol. The lowest BCUT2D eigenvalue weighted by Gasteiger charge is -2.35. The third-order valence-electron chi connectivity index (χ3n) is 5.43. The molecule has 0 aromatic carbocycles. The van der Waals surface area contributed by atoms with Gasteiger partial charge in [0.2, 0.25) is 5.91 Å². The van der Waals surface area contributed by atoms with Crippen molar-refractivity contribution in [2.75, 3.05) is 24.6 Å². The number of piperidine rings is 1. The van der Waals surface area contributed by atoms with E-state index in [1.165, 1.54) is 6.42 Å². The summed E-state index contributed by atoms with van der Waals surface area (Å²) in [5, 5.41) is 3.07. The van der Waals surface area contributed by atoms with Gasteiger partial charge in [-0.05, 0) is 44.7 Å². The minimum absolute atomic E-state index is 0.0161. The van der Waals surface area contributed by atoms with Crippen LogP contribution in [-0.2, 0) is 14.6 Å². The van der Waals surface area contributed by atoms with E-state index in [0.717, 1.165) is 45.2 Å². The molecule has 0 aromatic heterocycles. The minimum Gasteiger partial charge on any atom is -0.350 e. The topological polar surface area (TPSA) is 66.5 Å². The zero-order valence-corrected chi connectivity index (χ0v) is 14.3. The van der Waals surface area contributed by atoms with Gasteiger partial charge in [-0.3, -0.25) is 9.69 Å². The highest BCUT2D eigenvalue weighted by Crippen LogP contribution is 2.42. The molecule has 6 heteroatoms. The Hall–Kier alpha value is -0.620. The van der Waals surface area contributed by atoms with Gasteiger partial charge in [0.05, 0.1) is 17.5 Å². The maximum atomic E-state index is 12.4. The predicted molar refractivity (Wildman–Crippen MR) is 86.3 cm³/mol. The van der Waals surface area contributed by atoms with Crippen LogP contribution in [0.2, 0.25) is 0 Å². The Labute approximate surface area is 133 Å². The molecule has 1 saturated carbocycles. The molecule has 0 spiro atoms. The normalized spacial score (nSPS) is 37.9. The first-order valence-corrected chi connectivity index (χ1v) is 10.6. The van der Waals surface area contributed by atoms with Crippen molar-refractivity contribution in [1.29, 1.82) is 0 Å². The Morgan fingerprint density at radius 3 is 2.59 bits per heavy atom. The molecule has 0 radical (unpaired) electrons. The first-order valence-electron chi connectivity index (χ1n) is 8.75. The van der Waals surface area contributed by atoms with E-state index in [0.29, 0.717) is 5.92 Å². The van der Waals surface area contributed by atoms with Crippen LogP contribution in [0.25, 0.3) is 0 Å². The highest BCUT2D eigenvalue weighted by atomic mass is 32.2. The standard InChI is InChI=1S/C16H28N2O3S/c1-2-6-12-9-13(12)16(19)17-14-10-22(20,21)11-15(14)18-7-4-3-5-8-18/h12-15H,2-11H2,1H3,(H,17,19)/t12-,13+,14+,15-/m1/s1. The van der Waals surface area contributed by atoms with Gasteiger partial charge >= 0.3 is 0 Å². The molecule has 0 bridgehead atoms. The molecule has 0 aromatic rings. The number of rotatable bonds is 5. The summed E-state index contributed by atoms with van der Waals surface area (Å²) in [5.74, 6) is 1.07. The van der Waals surface area contributed by atoms with E-state index in [-0.39, 0.29) is 35.4 Å². The van der Waals surface area contributed by atoms with Crippen LogP contribution in [0.3, 0.4) is 0 Å². The molecule has 22 heavy (non-hydrogen) atoms. The molecule has 3 aliphatic rings. The van der Waals surface area contributed by atoms with Gasteiger partial charge in [-0.25, -0.2) is 8.42 Å². The maximum Gasteiger partial charge on any atom is 0.223 e. The van der Waals surface area contributed by atoms with Crippen molar-refractivity contribution in [3.8, 4) is 0 Å². The van der Waals surface area contributed by atoms with E-state index >= 15 is 0 Å². The number of amides is 1. The molecule has 4 atom stereocenters. The smallest absolute Gasteiger partial charge is 0.223 e. The van der Waals surface area contributed by atoms with E-state index in [1.54, 1.807) is 0 Å². The third kappa shape index (κ3) is 3.65. The Kier molecular flexibility index (Phi) is 4.78. The molecule has 2 heterocycles. The molecule has 1 amide bonds. The molecular weight excluding hydrogens is 300 g/mol. The first-order chi connectivity index (χ1) is 10.5. The SMILES string of the molecule is CCC[C@@H]1C[C@@H]1C(=O)N[C@H]1CS(=O)(=O)C[C@H]1N1CCCCC1. The van der Waals surface area contributed by atoms with Crippen molar-refractivity contribution in [2.45, 2.75) is 57.5 Å². The summed E-state index contributed by atoms with van der Waals surface area (Å²) in [6.45, 7) is 4.08. The molecular formula is C16H28N2O3S. The zero-order chi connectivity index (χ0) is 15.7. The van der Waals surface area contributed by atoms with E-state index in [4.69, 9.17) is 0 Å². The van der Waals surface area contributed by atoms with Gasteiger partial charge in [-0.2, -0.15) is 0 Å². The maximum absolute atomic E-state index is 12.4. The second-order valence-electron chi connectivity index (χ2n) is 7.25. The molecule has 5 nitrogen and oxygen atoms in total. The van der Waals surface area contributed by atoms with Crippen molar-refractivity contribution in [2.24, 2.45) is 11.8 Å². The molecule has 3 fully saturated rings. The van der Waals surface area contributed by atoms with Crippen LogP contribution in [0.5, 0.6) is 0 Å². The lowest BCUT2D eigenvalue weighted by molar-refractivity contribution is -0.123. The second-order valence-corrected chi connectivity index (χ2v) is 9.40.